The van der Waals surface area contributed by atoms with Gasteiger partial charge in [0.05, 0.1) is 5.56 Å². The third-order valence-electron chi connectivity index (χ3n) is 3.88. The molecule has 0 atom stereocenters. The van der Waals surface area contributed by atoms with E-state index in [1.807, 2.05) is 42.5 Å². The van der Waals surface area contributed by atoms with Crippen LogP contribution >= 0.6 is 0 Å². The van der Waals surface area contributed by atoms with Gasteiger partial charge in [0.1, 0.15) is 6.61 Å². The molecule has 0 aliphatic heterocycles. The zero-order chi connectivity index (χ0) is 18.6. The lowest BCUT2D eigenvalue weighted by Crippen LogP contribution is -2.04. The van der Waals surface area contributed by atoms with Crippen LogP contribution in [0, 0.1) is 0 Å². The van der Waals surface area contributed by atoms with Gasteiger partial charge in [-0.25, -0.2) is 4.79 Å². The van der Waals surface area contributed by atoms with Gasteiger partial charge in [-0.3, -0.25) is 0 Å². The molecule has 0 bridgehead atoms. The molecule has 5 heteroatoms. The van der Waals surface area contributed by atoms with Crippen molar-refractivity contribution in [3.8, 4) is 0 Å². The van der Waals surface area contributed by atoms with Crippen LogP contribution in [0.3, 0.4) is 0 Å². The molecule has 0 N–H and O–H groups in total. The van der Waals surface area contributed by atoms with Crippen LogP contribution in [0.1, 0.15) is 16.7 Å². The molecule has 0 aromatic heterocycles. The molecular formula is C21H15F3O2. The summed E-state index contributed by atoms with van der Waals surface area (Å²) < 4.78 is 43.3. The highest BCUT2D eigenvalue weighted by Gasteiger charge is 2.30. The Kier molecular flexibility index (Phi) is 5.07. The number of halogens is 3. The number of ether oxygens (including phenoxy) is 1. The summed E-state index contributed by atoms with van der Waals surface area (Å²) in [5, 5.41) is 2.03. The van der Waals surface area contributed by atoms with Gasteiger partial charge in [0.15, 0.2) is 0 Å². The highest BCUT2D eigenvalue weighted by molar-refractivity contribution is 5.88. The largest absolute Gasteiger partial charge is 0.458 e. The van der Waals surface area contributed by atoms with Crippen molar-refractivity contribution in [2.75, 3.05) is 0 Å². The van der Waals surface area contributed by atoms with Crippen LogP contribution in [-0.4, -0.2) is 5.97 Å². The van der Waals surface area contributed by atoms with Gasteiger partial charge in [-0.1, -0.05) is 54.6 Å². The zero-order valence-electron chi connectivity index (χ0n) is 13.7. The lowest BCUT2D eigenvalue weighted by atomic mass is 10.1. The molecule has 26 heavy (non-hydrogen) atoms. The van der Waals surface area contributed by atoms with E-state index < -0.39 is 17.7 Å². The van der Waals surface area contributed by atoms with Crippen LogP contribution in [0.4, 0.5) is 13.2 Å². The maximum absolute atomic E-state index is 12.7. The van der Waals surface area contributed by atoms with Gasteiger partial charge in [-0.15, -0.1) is 0 Å². The SMILES string of the molecule is O=C(/C=C/c1cccc(C(F)(F)F)c1)OCc1cccc2ccccc12. The monoisotopic (exact) mass is 356 g/mol. The first-order valence-electron chi connectivity index (χ1n) is 7.92. The molecule has 132 valence electrons. The van der Waals surface area contributed by atoms with Crippen molar-refractivity contribution >= 4 is 22.8 Å². The molecule has 2 nitrogen and oxygen atoms in total. The molecule has 0 fully saturated rings. The van der Waals surface area contributed by atoms with Gasteiger partial charge in [0, 0.05) is 6.08 Å². The van der Waals surface area contributed by atoms with Gasteiger partial charge in [-0.05, 0) is 40.1 Å². The van der Waals surface area contributed by atoms with E-state index in [1.165, 1.54) is 18.2 Å². The van der Waals surface area contributed by atoms with Gasteiger partial charge in [0.2, 0.25) is 0 Å². The number of fused-ring (bicyclic) bond motifs is 1. The molecule has 0 radical (unpaired) electrons. The molecule has 3 aromatic rings. The third kappa shape index (κ3) is 4.30. The quantitative estimate of drug-likeness (QED) is 0.448. The summed E-state index contributed by atoms with van der Waals surface area (Å²) in [6.07, 6.45) is -1.99. The summed E-state index contributed by atoms with van der Waals surface area (Å²) in [4.78, 5) is 11.9. The summed E-state index contributed by atoms with van der Waals surface area (Å²) in [6.45, 7) is 0.0904. The number of hydrogen-bond donors (Lipinski definition) is 0. The summed E-state index contributed by atoms with van der Waals surface area (Å²) in [7, 11) is 0. The molecule has 0 saturated heterocycles. The average molecular weight is 356 g/mol. The van der Waals surface area contributed by atoms with Gasteiger partial charge < -0.3 is 4.74 Å². The van der Waals surface area contributed by atoms with Crippen molar-refractivity contribution in [3.63, 3.8) is 0 Å². The lowest BCUT2D eigenvalue weighted by molar-refractivity contribution is -0.139. The lowest BCUT2D eigenvalue weighted by Gasteiger charge is -2.07. The van der Waals surface area contributed by atoms with Crippen molar-refractivity contribution in [2.24, 2.45) is 0 Å². The highest BCUT2D eigenvalue weighted by Crippen LogP contribution is 2.29. The van der Waals surface area contributed by atoms with E-state index in [0.717, 1.165) is 34.5 Å². The van der Waals surface area contributed by atoms with Crippen LogP contribution in [0.25, 0.3) is 16.8 Å². The molecule has 0 aliphatic carbocycles. The number of carbonyl (C=O) groups excluding carboxylic acids is 1. The number of hydrogen-bond acceptors (Lipinski definition) is 2. The number of esters is 1. The summed E-state index contributed by atoms with van der Waals surface area (Å²) in [5.41, 5.74) is 0.384. The zero-order valence-corrected chi connectivity index (χ0v) is 13.7. The molecule has 0 amide bonds. The van der Waals surface area contributed by atoms with Crippen molar-refractivity contribution in [1.29, 1.82) is 0 Å². The standard InChI is InChI=1S/C21H15F3O2/c22-21(23,24)18-9-3-5-15(13-18)11-12-20(25)26-14-17-8-4-7-16-6-1-2-10-19(16)17/h1-13H,14H2/b12-11+. The summed E-state index contributed by atoms with van der Waals surface area (Å²) in [6, 6.07) is 18.2. The Morgan fingerprint density at radius 2 is 1.69 bits per heavy atom. The van der Waals surface area contributed by atoms with E-state index in [1.54, 1.807) is 0 Å². The predicted molar refractivity (Wildman–Crippen MR) is 94.2 cm³/mol. The Bertz CT molecular complexity index is 953. The van der Waals surface area contributed by atoms with Crippen LogP contribution in [0.5, 0.6) is 0 Å². The fourth-order valence-electron chi connectivity index (χ4n) is 2.60. The molecule has 3 aromatic carbocycles. The fourth-order valence-corrected chi connectivity index (χ4v) is 2.60. The molecule has 3 rings (SSSR count). The number of carbonyl (C=O) groups is 1. The van der Waals surface area contributed by atoms with Crippen LogP contribution < -0.4 is 0 Å². The number of alkyl halides is 3. The van der Waals surface area contributed by atoms with Crippen molar-refractivity contribution in [3.05, 3.63) is 89.5 Å². The molecule has 0 heterocycles. The minimum absolute atomic E-state index is 0.0904. The Hall–Kier alpha value is -3.08. The maximum atomic E-state index is 12.7. The molecule has 0 spiro atoms. The number of rotatable bonds is 4. The van der Waals surface area contributed by atoms with E-state index in [-0.39, 0.29) is 12.2 Å². The van der Waals surface area contributed by atoms with E-state index in [9.17, 15) is 18.0 Å². The van der Waals surface area contributed by atoms with Crippen LogP contribution in [0.15, 0.2) is 72.8 Å². The fraction of sp³-hybridized carbons (Fsp3) is 0.0952. The normalized spacial score (nSPS) is 11.8. The van der Waals surface area contributed by atoms with Gasteiger partial charge in [0.25, 0.3) is 0 Å². The topological polar surface area (TPSA) is 26.3 Å². The van der Waals surface area contributed by atoms with Gasteiger partial charge in [-0.2, -0.15) is 13.2 Å². The molecule has 0 saturated carbocycles. The maximum Gasteiger partial charge on any atom is 0.416 e. The van der Waals surface area contributed by atoms with Crippen molar-refractivity contribution < 1.29 is 22.7 Å². The second-order valence-corrected chi connectivity index (χ2v) is 5.70. The summed E-state index contributed by atoms with van der Waals surface area (Å²) in [5.74, 6) is -0.615. The Morgan fingerprint density at radius 1 is 0.962 bits per heavy atom. The van der Waals surface area contributed by atoms with Crippen molar-refractivity contribution in [2.45, 2.75) is 12.8 Å². The van der Waals surface area contributed by atoms with Gasteiger partial charge >= 0.3 is 12.1 Å². The first-order chi connectivity index (χ1) is 12.4. The summed E-state index contributed by atoms with van der Waals surface area (Å²) >= 11 is 0. The minimum Gasteiger partial charge on any atom is -0.458 e. The van der Waals surface area contributed by atoms with E-state index in [2.05, 4.69) is 0 Å². The van der Waals surface area contributed by atoms with E-state index in [0.29, 0.717) is 0 Å². The Balaban J connectivity index is 1.67. The molecular weight excluding hydrogens is 341 g/mol. The van der Waals surface area contributed by atoms with Crippen LogP contribution in [-0.2, 0) is 22.3 Å². The molecule has 0 aliphatic rings. The Labute approximate surface area is 148 Å². The second-order valence-electron chi connectivity index (χ2n) is 5.70. The first-order valence-corrected chi connectivity index (χ1v) is 7.92. The average Bonchev–Trinajstić information content (AvgIpc) is 2.64. The van der Waals surface area contributed by atoms with E-state index in [4.69, 9.17) is 4.74 Å². The van der Waals surface area contributed by atoms with E-state index >= 15 is 0 Å². The highest BCUT2D eigenvalue weighted by atomic mass is 19.4. The third-order valence-corrected chi connectivity index (χ3v) is 3.88. The Morgan fingerprint density at radius 3 is 2.50 bits per heavy atom. The van der Waals surface area contributed by atoms with Crippen LogP contribution in [0.2, 0.25) is 0 Å². The second kappa shape index (κ2) is 7.44. The molecule has 0 unspecified atom stereocenters. The minimum atomic E-state index is -4.42. The first kappa shape index (κ1) is 17.7. The number of benzene rings is 3. The van der Waals surface area contributed by atoms with Crippen molar-refractivity contribution in [1.82, 2.24) is 0 Å². The predicted octanol–water partition coefficient (Wildman–Crippen LogP) is 5.62. The smallest absolute Gasteiger partial charge is 0.416 e.